The third-order valence-corrected chi connectivity index (χ3v) is 4.61. The first-order valence-electron chi connectivity index (χ1n) is 7.93. The Balaban J connectivity index is 2.55. The number of nitrogens with zero attached hydrogens (tertiary/aromatic N) is 1. The molecule has 0 aliphatic carbocycles. The Hall–Kier alpha value is -0.0800. The molecule has 4 unspecified atom stereocenters. The molecule has 1 rings (SSSR count). The van der Waals surface area contributed by atoms with Gasteiger partial charge in [-0.15, -0.1) is 0 Å². The average molecular weight is 254 g/mol. The number of likely N-dealkylation sites (tertiary alicyclic amines) is 1. The molecule has 0 saturated carbocycles. The first-order chi connectivity index (χ1) is 8.45. The monoisotopic (exact) mass is 254 g/mol. The van der Waals surface area contributed by atoms with Crippen LogP contribution >= 0.6 is 0 Å². The lowest BCUT2D eigenvalue weighted by Crippen LogP contribution is -2.52. The van der Waals surface area contributed by atoms with E-state index in [4.69, 9.17) is 0 Å². The molecule has 1 saturated heterocycles. The van der Waals surface area contributed by atoms with Crippen LogP contribution in [-0.2, 0) is 0 Å². The molecule has 1 aliphatic rings. The van der Waals surface area contributed by atoms with Crippen molar-refractivity contribution in [1.29, 1.82) is 0 Å². The van der Waals surface area contributed by atoms with Crippen molar-refractivity contribution in [1.82, 2.24) is 10.2 Å². The van der Waals surface area contributed by atoms with Crippen LogP contribution in [0.25, 0.3) is 0 Å². The second kappa shape index (κ2) is 7.49. The lowest BCUT2D eigenvalue weighted by Gasteiger charge is -2.43. The van der Waals surface area contributed by atoms with Crippen LogP contribution in [-0.4, -0.2) is 36.6 Å². The second-order valence-corrected chi connectivity index (χ2v) is 6.82. The topological polar surface area (TPSA) is 15.3 Å². The molecule has 1 aliphatic heterocycles. The number of hydrogen-bond donors (Lipinski definition) is 1. The normalized spacial score (nSPS) is 31.8. The smallest absolute Gasteiger partial charge is 0.0218 e. The Labute approximate surface area is 115 Å². The van der Waals surface area contributed by atoms with Gasteiger partial charge in [0.25, 0.3) is 0 Å². The molecule has 1 fully saturated rings. The summed E-state index contributed by atoms with van der Waals surface area (Å²) in [6, 6.07) is 1.38. The van der Waals surface area contributed by atoms with Gasteiger partial charge in [0.2, 0.25) is 0 Å². The van der Waals surface area contributed by atoms with Gasteiger partial charge in [0.1, 0.15) is 0 Å². The maximum absolute atomic E-state index is 3.72. The van der Waals surface area contributed by atoms with E-state index in [0.717, 1.165) is 30.3 Å². The average Bonchev–Trinajstić information content (AvgIpc) is 2.29. The maximum Gasteiger partial charge on any atom is 0.0218 e. The van der Waals surface area contributed by atoms with Gasteiger partial charge in [-0.3, -0.25) is 4.90 Å². The van der Waals surface area contributed by atoms with Gasteiger partial charge in [0, 0.05) is 25.2 Å². The summed E-state index contributed by atoms with van der Waals surface area (Å²) in [7, 11) is 0. The van der Waals surface area contributed by atoms with Gasteiger partial charge in [-0.25, -0.2) is 0 Å². The van der Waals surface area contributed by atoms with Crippen LogP contribution in [0, 0.1) is 17.8 Å². The van der Waals surface area contributed by atoms with E-state index in [2.05, 4.69) is 51.8 Å². The van der Waals surface area contributed by atoms with E-state index in [1.54, 1.807) is 0 Å². The van der Waals surface area contributed by atoms with E-state index >= 15 is 0 Å². The molecule has 0 radical (unpaired) electrons. The molecule has 18 heavy (non-hydrogen) atoms. The molecule has 4 atom stereocenters. The third-order valence-electron chi connectivity index (χ3n) is 4.61. The van der Waals surface area contributed by atoms with Gasteiger partial charge < -0.3 is 5.32 Å². The van der Waals surface area contributed by atoms with Gasteiger partial charge in [-0.1, -0.05) is 34.6 Å². The highest BCUT2D eigenvalue weighted by atomic mass is 15.2. The quantitative estimate of drug-likeness (QED) is 0.782. The highest BCUT2D eigenvalue weighted by molar-refractivity contribution is 4.85. The Morgan fingerprint density at radius 2 is 1.89 bits per heavy atom. The van der Waals surface area contributed by atoms with Crippen molar-refractivity contribution in [2.45, 2.75) is 66.5 Å². The van der Waals surface area contributed by atoms with E-state index in [0.29, 0.717) is 6.04 Å². The zero-order valence-corrected chi connectivity index (χ0v) is 13.4. The Morgan fingerprint density at radius 3 is 2.44 bits per heavy atom. The van der Waals surface area contributed by atoms with E-state index in [1.807, 2.05) is 0 Å². The molecule has 0 aromatic heterocycles. The SMILES string of the molecule is CCCNC(CN1CC(C)CC(C)C1C)C(C)C. The molecule has 1 heterocycles. The van der Waals surface area contributed by atoms with Crippen molar-refractivity contribution in [2.75, 3.05) is 19.6 Å². The van der Waals surface area contributed by atoms with E-state index < -0.39 is 0 Å². The molecule has 0 spiro atoms. The summed E-state index contributed by atoms with van der Waals surface area (Å²) in [5.41, 5.74) is 0. The Morgan fingerprint density at radius 1 is 1.22 bits per heavy atom. The van der Waals surface area contributed by atoms with Crippen LogP contribution in [0.4, 0.5) is 0 Å². The van der Waals surface area contributed by atoms with Crippen molar-refractivity contribution in [2.24, 2.45) is 17.8 Å². The summed E-state index contributed by atoms with van der Waals surface area (Å²) in [6.07, 6.45) is 2.62. The number of piperidine rings is 1. The van der Waals surface area contributed by atoms with Gasteiger partial charge >= 0.3 is 0 Å². The molecule has 2 nitrogen and oxygen atoms in total. The number of nitrogens with one attached hydrogen (secondary N) is 1. The minimum Gasteiger partial charge on any atom is -0.312 e. The first-order valence-corrected chi connectivity index (χ1v) is 7.93. The summed E-state index contributed by atoms with van der Waals surface area (Å²) < 4.78 is 0. The highest BCUT2D eigenvalue weighted by Crippen LogP contribution is 2.27. The summed E-state index contributed by atoms with van der Waals surface area (Å²) in [5, 5.41) is 3.72. The zero-order valence-electron chi connectivity index (χ0n) is 13.4. The van der Waals surface area contributed by atoms with Crippen LogP contribution < -0.4 is 5.32 Å². The Bertz CT molecular complexity index is 227. The Kier molecular flexibility index (Phi) is 6.65. The van der Waals surface area contributed by atoms with Gasteiger partial charge in [-0.05, 0) is 44.1 Å². The predicted molar refractivity (Wildman–Crippen MR) is 80.9 cm³/mol. The minimum atomic E-state index is 0.643. The molecule has 0 aromatic rings. The van der Waals surface area contributed by atoms with E-state index in [9.17, 15) is 0 Å². The standard InChI is InChI=1S/C16H34N2/c1-7-8-17-16(12(2)3)11-18-10-13(4)9-14(5)15(18)6/h12-17H,7-11H2,1-6H3. The van der Waals surface area contributed by atoms with E-state index in [1.165, 1.54) is 25.9 Å². The minimum absolute atomic E-state index is 0.643. The van der Waals surface area contributed by atoms with Crippen LogP contribution in [0.15, 0.2) is 0 Å². The summed E-state index contributed by atoms with van der Waals surface area (Å²) in [5.74, 6) is 2.42. The predicted octanol–water partition coefficient (Wildman–Crippen LogP) is 3.38. The molecule has 0 aromatic carbocycles. The van der Waals surface area contributed by atoms with Gasteiger partial charge in [0.05, 0.1) is 0 Å². The van der Waals surface area contributed by atoms with Crippen molar-refractivity contribution in [3.63, 3.8) is 0 Å². The summed E-state index contributed by atoms with van der Waals surface area (Å²) >= 11 is 0. The van der Waals surface area contributed by atoms with Crippen LogP contribution in [0.5, 0.6) is 0 Å². The molecule has 108 valence electrons. The van der Waals surface area contributed by atoms with Crippen molar-refractivity contribution < 1.29 is 0 Å². The maximum atomic E-state index is 3.72. The molecular weight excluding hydrogens is 220 g/mol. The van der Waals surface area contributed by atoms with Crippen LogP contribution in [0.1, 0.15) is 54.4 Å². The highest BCUT2D eigenvalue weighted by Gasteiger charge is 2.30. The largest absolute Gasteiger partial charge is 0.312 e. The molecule has 0 bridgehead atoms. The van der Waals surface area contributed by atoms with Gasteiger partial charge in [-0.2, -0.15) is 0 Å². The molecule has 1 N–H and O–H groups in total. The fraction of sp³-hybridized carbons (Fsp3) is 1.00. The van der Waals surface area contributed by atoms with Gasteiger partial charge in [0.15, 0.2) is 0 Å². The molecular formula is C16H34N2. The lowest BCUT2D eigenvalue weighted by atomic mass is 9.85. The van der Waals surface area contributed by atoms with Crippen LogP contribution in [0.3, 0.4) is 0 Å². The van der Waals surface area contributed by atoms with Crippen LogP contribution in [0.2, 0.25) is 0 Å². The molecule has 2 heteroatoms. The number of rotatable bonds is 6. The first kappa shape index (κ1) is 16.0. The zero-order chi connectivity index (χ0) is 13.7. The fourth-order valence-electron chi connectivity index (χ4n) is 3.17. The third kappa shape index (κ3) is 4.55. The second-order valence-electron chi connectivity index (χ2n) is 6.82. The summed E-state index contributed by atoms with van der Waals surface area (Å²) in [4.78, 5) is 2.71. The van der Waals surface area contributed by atoms with Crippen molar-refractivity contribution in [3.8, 4) is 0 Å². The van der Waals surface area contributed by atoms with Crippen molar-refractivity contribution in [3.05, 3.63) is 0 Å². The van der Waals surface area contributed by atoms with Crippen molar-refractivity contribution >= 4 is 0 Å². The fourth-order valence-corrected chi connectivity index (χ4v) is 3.17. The lowest BCUT2D eigenvalue weighted by molar-refractivity contribution is 0.0647. The number of hydrogen-bond acceptors (Lipinski definition) is 2. The summed E-state index contributed by atoms with van der Waals surface area (Å²) in [6.45, 7) is 17.8. The van der Waals surface area contributed by atoms with E-state index in [-0.39, 0.29) is 0 Å². The molecule has 0 amide bonds.